The van der Waals surface area contributed by atoms with E-state index in [1.807, 2.05) is 0 Å². The smallest absolute Gasteiger partial charge is 0.106 e. The van der Waals surface area contributed by atoms with Gasteiger partial charge in [0.1, 0.15) is 5.54 Å². The molecule has 0 aromatic rings. The maximum Gasteiger partial charge on any atom is 0.106 e. The molecular formula is C16H31N3O. The molecule has 1 heterocycles. The zero-order valence-corrected chi connectivity index (χ0v) is 13.6. The average molecular weight is 281 g/mol. The summed E-state index contributed by atoms with van der Waals surface area (Å²) in [6, 6.07) is 2.86. The molecule has 1 saturated heterocycles. The average Bonchev–Trinajstić information content (AvgIpc) is 2.85. The van der Waals surface area contributed by atoms with E-state index in [0.29, 0.717) is 12.0 Å². The highest BCUT2D eigenvalue weighted by molar-refractivity contribution is 5.06. The largest absolute Gasteiger partial charge is 0.384 e. The Labute approximate surface area is 124 Å². The summed E-state index contributed by atoms with van der Waals surface area (Å²) in [4.78, 5) is 2.51. The van der Waals surface area contributed by atoms with Crippen LogP contribution in [0.5, 0.6) is 0 Å². The van der Waals surface area contributed by atoms with Gasteiger partial charge in [-0.2, -0.15) is 5.26 Å². The van der Waals surface area contributed by atoms with Crippen molar-refractivity contribution in [2.75, 3.05) is 33.4 Å². The van der Waals surface area contributed by atoms with Crippen LogP contribution in [0.4, 0.5) is 0 Å². The van der Waals surface area contributed by atoms with Crippen LogP contribution in [0.25, 0.3) is 0 Å². The molecule has 0 radical (unpaired) electrons. The lowest BCUT2D eigenvalue weighted by atomic mass is 9.91. The summed E-state index contributed by atoms with van der Waals surface area (Å²) >= 11 is 0. The van der Waals surface area contributed by atoms with E-state index in [-0.39, 0.29) is 5.54 Å². The minimum atomic E-state index is -0.347. The molecule has 0 aromatic carbocycles. The number of hydrogen-bond donors (Lipinski definition) is 1. The molecule has 1 aliphatic rings. The van der Waals surface area contributed by atoms with E-state index in [2.05, 4.69) is 37.1 Å². The molecule has 1 fully saturated rings. The molecule has 0 saturated carbocycles. The molecule has 116 valence electrons. The van der Waals surface area contributed by atoms with Gasteiger partial charge in [-0.15, -0.1) is 0 Å². The van der Waals surface area contributed by atoms with Crippen molar-refractivity contribution < 1.29 is 4.74 Å². The third-order valence-electron chi connectivity index (χ3n) is 4.23. The fraction of sp³-hybridized carbons (Fsp3) is 0.938. The van der Waals surface area contributed by atoms with Crippen LogP contribution in [0.2, 0.25) is 0 Å². The van der Waals surface area contributed by atoms with E-state index in [1.165, 1.54) is 13.0 Å². The van der Waals surface area contributed by atoms with Crippen LogP contribution >= 0.6 is 0 Å². The van der Waals surface area contributed by atoms with Gasteiger partial charge in [-0.3, -0.25) is 5.32 Å². The predicted octanol–water partition coefficient (Wildman–Crippen LogP) is 2.41. The Bertz CT molecular complexity index is 313. The molecule has 2 unspecified atom stereocenters. The molecule has 4 heteroatoms. The van der Waals surface area contributed by atoms with Crippen molar-refractivity contribution in [2.45, 2.75) is 58.0 Å². The Hall–Kier alpha value is -0.630. The van der Waals surface area contributed by atoms with E-state index in [0.717, 1.165) is 39.0 Å². The molecule has 2 atom stereocenters. The first kappa shape index (κ1) is 17.4. The van der Waals surface area contributed by atoms with Gasteiger partial charge in [0.15, 0.2) is 0 Å². The van der Waals surface area contributed by atoms with Crippen molar-refractivity contribution in [3.63, 3.8) is 0 Å². The number of nitriles is 1. The third-order valence-corrected chi connectivity index (χ3v) is 4.23. The molecule has 1 rings (SSSR count). The predicted molar refractivity (Wildman–Crippen MR) is 82.6 cm³/mol. The van der Waals surface area contributed by atoms with Crippen molar-refractivity contribution in [1.29, 1.82) is 5.26 Å². The van der Waals surface area contributed by atoms with Crippen molar-refractivity contribution in [2.24, 2.45) is 5.92 Å². The maximum absolute atomic E-state index is 9.49. The van der Waals surface area contributed by atoms with Gasteiger partial charge >= 0.3 is 0 Å². The van der Waals surface area contributed by atoms with Gasteiger partial charge in [0.25, 0.3) is 0 Å². The van der Waals surface area contributed by atoms with Crippen LogP contribution in [0.3, 0.4) is 0 Å². The first-order chi connectivity index (χ1) is 9.55. The van der Waals surface area contributed by atoms with Crippen molar-refractivity contribution in [3.05, 3.63) is 0 Å². The number of likely N-dealkylation sites (tertiary alicyclic amines) is 1. The van der Waals surface area contributed by atoms with E-state index in [4.69, 9.17) is 4.74 Å². The van der Waals surface area contributed by atoms with Gasteiger partial charge in [-0.1, -0.05) is 6.92 Å². The SMILES string of the molecule is CCC(C#N)(CCCN1CCC(COC)C1)NC(C)C. The van der Waals surface area contributed by atoms with Gasteiger partial charge in [-0.05, 0) is 58.5 Å². The Kier molecular flexibility index (Phi) is 7.50. The highest BCUT2D eigenvalue weighted by Crippen LogP contribution is 2.21. The quantitative estimate of drug-likeness (QED) is 0.705. The summed E-state index contributed by atoms with van der Waals surface area (Å²) in [5.41, 5.74) is -0.347. The van der Waals surface area contributed by atoms with Crippen LogP contribution in [0, 0.1) is 17.2 Å². The summed E-state index contributed by atoms with van der Waals surface area (Å²) in [5.74, 6) is 0.695. The lowest BCUT2D eigenvalue weighted by molar-refractivity contribution is 0.152. The van der Waals surface area contributed by atoms with Crippen molar-refractivity contribution in [1.82, 2.24) is 10.2 Å². The summed E-state index contributed by atoms with van der Waals surface area (Å²) < 4.78 is 5.23. The lowest BCUT2D eigenvalue weighted by Gasteiger charge is -2.29. The Balaban J connectivity index is 2.33. The zero-order valence-electron chi connectivity index (χ0n) is 13.6. The van der Waals surface area contributed by atoms with Crippen molar-refractivity contribution >= 4 is 0 Å². The minimum absolute atomic E-state index is 0.347. The Morgan fingerprint density at radius 2 is 2.25 bits per heavy atom. The summed E-state index contributed by atoms with van der Waals surface area (Å²) in [7, 11) is 1.78. The summed E-state index contributed by atoms with van der Waals surface area (Å²) in [6.45, 7) is 10.6. The highest BCUT2D eigenvalue weighted by atomic mass is 16.5. The van der Waals surface area contributed by atoms with Crippen LogP contribution in [0.15, 0.2) is 0 Å². The molecule has 0 aromatic heterocycles. The molecule has 1 N–H and O–H groups in total. The molecule has 0 bridgehead atoms. The second kappa shape index (κ2) is 8.61. The second-order valence-electron chi connectivity index (χ2n) is 6.36. The monoisotopic (exact) mass is 281 g/mol. The van der Waals surface area contributed by atoms with Crippen molar-refractivity contribution in [3.8, 4) is 6.07 Å². The summed E-state index contributed by atoms with van der Waals surface area (Å²) in [6.07, 6.45) is 4.13. The fourth-order valence-corrected chi connectivity index (χ4v) is 3.16. The first-order valence-electron chi connectivity index (χ1n) is 7.95. The fourth-order valence-electron chi connectivity index (χ4n) is 3.16. The molecule has 20 heavy (non-hydrogen) atoms. The number of rotatable bonds is 9. The van der Waals surface area contributed by atoms with E-state index in [9.17, 15) is 5.26 Å². The van der Waals surface area contributed by atoms with Crippen LogP contribution in [-0.4, -0.2) is 49.8 Å². The summed E-state index contributed by atoms with van der Waals surface area (Å²) in [5, 5.41) is 12.9. The van der Waals surface area contributed by atoms with E-state index < -0.39 is 0 Å². The number of nitrogens with zero attached hydrogens (tertiary/aromatic N) is 2. The van der Waals surface area contributed by atoms with Gasteiger partial charge in [0, 0.05) is 19.7 Å². The molecule has 0 amide bonds. The Morgan fingerprint density at radius 1 is 1.50 bits per heavy atom. The van der Waals surface area contributed by atoms with Gasteiger partial charge in [0.2, 0.25) is 0 Å². The minimum Gasteiger partial charge on any atom is -0.384 e. The first-order valence-corrected chi connectivity index (χ1v) is 7.95. The molecular weight excluding hydrogens is 250 g/mol. The highest BCUT2D eigenvalue weighted by Gasteiger charge is 2.29. The van der Waals surface area contributed by atoms with E-state index >= 15 is 0 Å². The normalized spacial score (nSPS) is 22.9. The number of methoxy groups -OCH3 is 1. The maximum atomic E-state index is 9.49. The molecule has 0 aliphatic carbocycles. The number of hydrogen-bond acceptors (Lipinski definition) is 4. The Morgan fingerprint density at radius 3 is 2.80 bits per heavy atom. The van der Waals surface area contributed by atoms with Crippen LogP contribution in [-0.2, 0) is 4.74 Å². The lowest BCUT2D eigenvalue weighted by Crippen LogP contribution is -2.47. The standard InChI is InChI=1S/C16H31N3O/c1-5-16(13-17,18-14(2)3)8-6-9-19-10-7-15(11-19)12-20-4/h14-15,18H,5-12H2,1-4H3. The zero-order chi connectivity index (χ0) is 15.0. The van der Waals surface area contributed by atoms with Gasteiger partial charge in [0.05, 0.1) is 12.7 Å². The second-order valence-corrected chi connectivity index (χ2v) is 6.36. The third kappa shape index (κ3) is 5.40. The van der Waals surface area contributed by atoms with Crippen LogP contribution in [0.1, 0.15) is 46.5 Å². The topological polar surface area (TPSA) is 48.3 Å². The molecule has 4 nitrogen and oxygen atoms in total. The van der Waals surface area contributed by atoms with Crippen LogP contribution < -0.4 is 5.32 Å². The number of nitrogens with one attached hydrogen (secondary N) is 1. The van der Waals surface area contributed by atoms with E-state index in [1.54, 1.807) is 7.11 Å². The number of ether oxygens (including phenoxy) is 1. The van der Waals surface area contributed by atoms with Gasteiger partial charge < -0.3 is 9.64 Å². The van der Waals surface area contributed by atoms with Gasteiger partial charge in [-0.25, -0.2) is 0 Å². The molecule has 0 spiro atoms. The molecule has 1 aliphatic heterocycles.